The monoisotopic (exact) mass is 195 g/mol. The van der Waals surface area contributed by atoms with Gasteiger partial charge in [0.1, 0.15) is 0 Å². The molecule has 0 aromatic heterocycles. The molecule has 4 heteroatoms. The Bertz CT molecular complexity index is 333. The van der Waals surface area contributed by atoms with Crippen molar-refractivity contribution >= 4 is 5.97 Å². The Morgan fingerprint density at radius 1 is 1.57 bits per heavy atom. The molecule has 0 saturated carbocycles. The molecule has 0 aliphatic carbocycles. The van der Waals surface area contributed by atoms with E-state index in [1.807, 2.05) is 0 Å². The van der Waals surface area contributed by atoms with Crippen molar-refractivity contribution in [2.75, 3.05) is 6.61 Å². The smallest absolute Gasteiger partial charge is 0.161 e. The van der Waals surface area contributed by atoms with Gasteiger partial charge in [-0.3, -0.25) is 0 Å². The van der Waals surface area contributed by atoms with E-state index in [4.69, 9.17) is 4.74 Å². The first kappa shape index (κ1) is 10.4. The predicted molar refractivity (Wildman–Crippen MR) is 48.0 cm³/mol. The van der Waals surface area contributed by atoms with Crippen LogP contribution in [-0.4, -0.2) is 17.7 Å². The molecule has 0 atom stereocenters. The van der Waals surface area contributed by atoms with Crippen molar-refractivity contribution in [3.8, 4) is 11.5 Å². The molecular formula is C10H11O4-. The number of hydrogen-bond acceptors (Lipinski definition) is 4. The SMILES string of the molecule is CCOc1cc(CC(=O)[O-])ccc1O. The minimum Gasteiger partial charge on any atom is -0.550 e. The third-order valence-electron chi connectivity index (χ3n) is 1.67. The Morgan fingerprint density at radius 2 is 2.29 bits per heavy atom. The maximum atomic E-state index is 10.3. The van der Waals surface area contributed by atoms with E-state index >= 15 is 0 Å². The van der Waals surface area contributed by atoms with E-state index in [2.05, 4.69) is 0 Å². The molecule has 0 unspecified atom stereocenters. The Morgan fingerprint density at radius 3 is 2.86 bits per heavy atom. The van der Waals surface area contributed by atoms with E-state index in [1.54, 1.807) is 6.92 Å². The van der Waals surface area contributed by atoms with E-state index in [9.17, 15) is 15.0 Å². The molecule has 0 saturated heterocycles. The normalized spacial score (nSPS) is 9.79. The number of rotatable bonds is 4. The van der Waals surface area contributed by atoms with Crippen LogP contribution in [0.25, 0.3) is 0 Å². The summed E-state index contributed by atoms with van der Waals surface area (Å²) in [7, 11) is 0. The number of phenols is 1. The lowest BCUT2D eigenvalue weighted by atomic mass is 10.1. The molecule has 0 aliphatic rings. The Kier molecular flexibility index (Phi) is 3.34. The molecule has 0 aliphatic heterocycles. The zero-order valence-corrected chi connectivity index (χ0v) is 7.82. The molecule has 14 heavy (non-hydrogen) atoms. The number of aromatic hydroxyl groups is 1. The van der Waals surface area contributed by atoms with Crippen LogP contribution in [0.15, 0.2) is 18.2 Å². The van der Waals surface area contributed by atoms with Gasteiger partial charge in [-0.1, -0.05) is 6.07 Å². The van der Waals surface area contributed by atoms with Crippen LogP contribution in [-0.2, 0) is 11.2 Å². The predicted octanol–water partition coefficient (Wildman–Crippen LogP) is 0.0833. The largest absolute Gasteiger partial charge is 0.550 e. The first-order chi connectivity index (χ1) is 6.63. The average molecular weight is 195 g/mol. The highest BCUT2D eigenvalue weighted by Crippen LogP contribution is 2.26. The molecule has 0 bridgehead atoms. The van der Waals surface area contributed by atoms with Gasteiger partial charge in [0.2, 0.25) is 0 Å². The quantitative estimate of drug-likeness (QED) is 0.738. The average Bonchev–Trinajstić information content (AvgIpc) is 2.10. The van der Waals surface area contributed by atoms with E-state index in [0.717, 1.165) is 0 Å². The lowest BCUT2D eigenvalue weighted by Gasteiger charge is -2.08. The number of aliphatic carboxylic acids is 1. The van der Waals surface area contributed by atoms with E-state index in [0.29, 0.717) is 17.9 Å². The van der Waals surface area contributed by atoms with Crippen molar-refractivity contribution < 1.29 is 19.7 Å². The van der Waals surface area contributed by atoms with Crippen LogP contribution < -0.4 is 9.84 Å². The summed E-state index contributed by atoms with van der Waals surface area (Å²) in [6.07, 6.45) is -0.180. The molecule has 76 valence electrons. The number of carbonyl (C=O) groups excluding carboxylic acids is 1. The highest BCUT2D eigenvalue weighted by molar-refractivity contribution is 5.68. The highest BCUT2D eigenvalue weighted by Gasteiger charge is 2.03. The van der Waals surface area contributed by atoms with Crippen molar-refractivity contribution in [1.29, 1.82) is 0 Å². The van der Waals surface area contributed by atoms with E-state index < -0.39 is 5.97 Å². The third-order valence-corrected chi connectivity index (χ3v) is 1.67. The van der Waals surface area contributed by atoms with Gasteiger partial charge in [0.05, 0.1) is 6.61 Å². The first-order valence-corrected chi connectivity index (χ1v) is 4.28. The van der Waals surface area contributed by atoms with Crippen LogP contribution in [0.4, 0.5) is 0 Å². The summed E-state index contributed by atoms with van der Waals surface area (Å²) in [5.41, 5.74) is 0.547. The van der Waals surface area contributed by atoms with Gasteiger partial charge in [-0.05, 0) is 24.6 Å². The molecule has 1 aromatic rings. The highest BCUT2D eigenvalue weighted by atomic mass is 16.5. The molecule has 0 fully saturated rings. The van der Waals surface area contributed by atoms with Crippen LogP contribution in [0.3, 0.4) is 0 Å². The number of phenolic OH excluding ortho intramolecular Hbond substituents is 1. The second kappa shape index (κ2) is 4.50. The maximum absolute atomic E-state index is 10.3. The van der Waals surface area contributed by atoms with Gasteiger partial charge in [0.15, 0.2) is 11.5 Å². The van der Waals surface area contributed by atoms with Crippen molar-refractivity contribution in [2.24, 2.45) is 0 Å². The topological polar surface area (TPSA) is 69.6 Å². The summed E-state index contributed by atoms with van der Waals surface area (Å²) in [6, 6.07) is 4.42. The molecule has 1 aromatic carbocycles. The summed E-state index contributed by atoms with van der Waals surface area (Å²) >= 11 is 0. The van der Waals surface area contributed by atoms with Crippen molar-refractivity contribution in [1.82, 2.24) is 0 Å². The summed E-state index contributed by atoms with van der Waals surface area (Å²) < 4.78 is 5.10. The number of carboxylic acid groups (broad SMARTS) is 1. The lowest BCUT2D eigenvalue weighted by molar-refractivity contribution is -0.304. The van der Waals surface area contributed by atoms with Crippen molar-refractivity contribution in [3.05, 3.63) is 23.8 Å². The number of hydrogen-bond donors (Lipinski definition) is 1. The van der Waals surface area contributed by atoms with Gasteiger partial charge in [-0.25, -0.2) is 0 Å². The third kappa shape index (κ3) is 2.65. The van der Waals surface area contributed by atoms with Crippen molar-refractivity contribution in [3.63, 3.8) is 0 Å². The van der Waals surface area contributed by atoms with E-state index in [1.165, 1.54) is 18.2 Å². The first-order valence-electron chi connectivity index (χ1n) is 4.28. The fraction of sp³-hybridized carbons (Fsp3) is 0.300. The fourth-order valence-corrected chi connectivity index (χ4v) is 1.11. The second-order valence-corrected chi connectivity index (χ2v) is 2.78. The zero-order valence-electron chi connectivity index (χ0n) is 7.82. The summed E-state index contributed by atoms with van der Waals surface area (Å²) in [6.45, 7) is 2.20. The number of carboxylic acids is 1. The molecule has 0 radical (unpaired) electrons. The standard InChI is InChI=1S/C10H12O4/c1-2-14-9-5-7(6-10(12)13)3-4-8(9)11/h3-5,11H,2,6H2,1H3,(H,12,13)/p-1. The van der Waals surface area contributed by atoms with Crippen molar-refractivity contribution in [2.45, 2.75) is 13.3 Å². The van der Waals surface area contributed by atoms with Gasteiger partial charge < -0.3 is 19.7 Å². The Labute approximate surface area is 81.8 Å². The van der Waals surface area contributed by atoms with Crippen LogP contribution in [0.1, 0.15) is 12.5 Å². The molecule has 1 rings (SSSR count). The lowest BCUT2D eigenvalue weighted by Crippen LogP contribution is -2.24. The summed E-state index contributed by atoms with van der Waals surface area (Å²) in [5.74, 6) is -0.849. The van der Waals surface area contributed by atoms with E-state index in [-0.39, 0.29) is 12.2 Å². The minimum atomic E-state index is -1.15. The zero-order chi connectivity index (χ0) is 10.6. The van der Waals surface area contributed by atoms with Gasteiger partial charge in [-0.15, -0.1) is 0 Å². The summed E-state index contributed by atoms with van der Waals surface area (Å²) in [5, 5.41) is 19.6. The molecule has 4 nitrogen and oxygen atoms in total. The minimum absolute atomic E-state index is 0.00829. The Hall–Kier alpha value is -1.71. The van der Waals surface area contributed by atoms with Crippen LogP contribution >= 0.6 is 0 Å². The van der Waals surface area contributed by atoms with Crippen LogP contribution in [0, 0.1) is 0 Å². The second-order valence-electron chi connectivity index (χ2n) is 2.78. The molecular weight excluding hydrogens is 184 g/mol. The number of carbonyl (C=O) groups is 1. The van der Waals surface area contributed by atoms with Gasteiger partial charge in [-0.2, -0.15) is 0 Å². The maximum Gasteiger partial charge on any atom is 0.161 e. The summed E-state index contributed by atoms with van der Waals surface area (Å²) in [4.78, 5) is 10.3. The molecule has 0 spiro atoms. The molecule has 0 heterocycles. The van der Waals surface area contributed by atoms with Crippen LogP contribution in [0.2, 0.25) is 0 Å². The Balaban J connectivity index is 2.88. The number of benzene rings is 1. The molecule has 1 N–H and O–H groups in total. The number of ether oxygens (including phenoxy) is 1. The van der Waals surface area contributed by atoms with Gasteiger partial charge in [0.25, 0.3) is 0 Å². The van der Waals surface area contributed by atoms with Gasteiger partial charge >= 0.3 is 0 Å². The van der Waals surface area contributed by atoms with Gasteiger partial charge in [0, 0.05) is 12.4 Å². The molecule has 0 amide bonds. The fourth-order valence-electron chi connectivity index (χ4n) is 1.11. The van der Waals surface area contributed by atoms with Crippen LogP contribution in [0.5, 0.6) is 11.5 Å².